The first-order valence-electron chi connectivity index (χ1n) is 10.3. The largest absolute Gasteiger partial charge is 0.389 e. The van der Waals surface area contributed by atoms with Gasteiger partial charge in [0.1, 0.15) is 5.76 Å². The Kier molecular flexibility index (Phi) is 7.23. The maximum absolute atomic E-state index is 12.7. The number of urea groups is 1. The Bertz CT molecular complexity index is 832. The molecule has 1 aliphatic carbocycles. The van der Waals surface area contributed by atoms with Crippen molar-refractivity contribution in [2.75, 3.05) is 22.1 Å². The summed E-state index contributed by atoms with van der Waals surface area (Å²) in [4.78, 5) is 14.4. The molecule has 1 heterocycles. The monoisotopic (exact) mass is 424 g/mol. The molecule has 1 aromatic carbocycles. The number of para-hydroxylation sites is 2. The number of hydrogen-bond donors (Lipinski definition) is 2. The number of anilines is 3. The van der Waals surface area contributed by atoms with Crippen LogP contribution in [0.4, 0.5) is 35.2 Å². The molecule has 0 aliphatic heterocycles. The fraction of sp³-hybridized carbons (Fsp3) is 0.524. The number of nitrogens with one attached hydrogen (secondary N) is 2. The molecule has 0 unspecified atom stereocenters. The van der Waals surface area contributed by atoms with Crippen molar-refractivity contribution in [2.24, 2.45) is 0 Å². The van der Waals surface area contributed by atoms with Gasteiger partial charge < -0.3 is 14.7 Å². The van der Waals surface area contributed by atoms with Crippen LogP contribution in [-0.2, 0) is 0 Å². The fourth-order valence-corrected chi connectivity index (χ4v) is 3.87. The molecule has 3 rings (SSSR count). The van der Waals surface area contributed by atoms with E-state index in [1.54, 1.807) is 25.1 Å². The van der Waals surface area contributed by atoms with Crippen LogP contribution in [-0.4, -0.2) is 30.0 Å². The van der Waals surface area contributed by atoms with Gasteiger partial charge in [-0.15, -0.1) is 0 Å². The van der Waals surface area contributed by atoms with E-state index < -0.39 is 18.6 Å². The van der Waals surface area contributed by atoms with Gasteiger partial charge in [0.05, 0.1) is 11.4 Å². The number of carbonyl (C=O) groups excluding carboxylic acids is 1. The summed E-state index contributed by atoms with van der Waals surface area (Å²) in [5, 5.41) is 9.12. The van der Waals surface area contributed by atoms with Gasteiger partial charge in [-0.3, -0.25) is 5.32 Å². The molecule has 2 N–H and O–H groups in total. The summed E-state index contributed by atoms with van der Waals surface area (Å²) >= 11 is 0. The van der Waals surface area contributed by atoms with Crippen LogP contribution >= 0.6 is 0 Å². The van der Waals surface area contributed by atoms with Gasteiger partial charge in [0, 0.05) is 25.1 Å². The Morgan fingerprint density at radius 2 is 1.93 bits per heavy atom. The Morgan fingerprint density at radius 1 is 1.20 bits per heavy atom. The summed E-state index contributed by atoms with van der Waals surface area (Å²) in [5.41, 5.74) is 1.28. The number of hydrogen-bond acceptors (Lipinski definition) is 4. The fourth-order valence-electron chi connectivity index (χ4n) is 3.87. The van der Waals surface area contributed by atoms with Crippen molar-refractivity contribution in [1.82, 2.24) is 5.16 Å². The van der Waals surface area contributed by atoms with Crippen molar-refractivity contribution in [2.45, 2.75) is 64.1 Å². The van der Waals surface area contributed by atoms with Gasteiger partial charge in [0.15, 0.2) is 5.82 Å². The van der Waals surface area contributed by atoms with Gasteiger partial charge in [-0.2, -0.15) is 13.2 Å². The van der Waals surface area contributed by atoms with Crippen LogP contribution in [0.3, 0.4) is 0 Å². The molecule has 164 valence electrons. The molecule has 2 amide bonds. The van der Waals surface area contributed by atoms with Crippen molar-refractivity contribution in [3.8, 4) is 0 Å². The van der Waals surface area contributed by atoms with Crippen LogP contribution in [0.25, 0.3) is 0 Å². The molecule has 0 atom stereocenters. The lowest BCUT2D eigenvalue weighted by atomic mass is 9.93. The highest BCUT2D eigenvalue weighted by Crippen LogP contribution is 2.33. The molecule has 0 saturated heterocycles. The SMILES string of the molecule is Cc1cc(NC(=O)Nc2ccccc2N(CCCC(F)(F)F)C2CCCCC2)no1. The Labute approximate surface area is 173 Å². The average Bonchev–Trinajstić information content (AvgIpc) is 3.10. The van der Waals surface area contributed by atoms with Gasteiger partial charge in [-0.1, -0.05) is 36.6 Å². The molecular formula is C21H27F3N4O2. The van der Waals surface area contributed by atoms with Crippen molar-refractivity contribution >= 4 is 23.2 Å². The minimum atomic E-state index is -4.17. The normalized spacial score (nSPS) is 15.1. The number of aryl methyl sites for hydroxylation is 1. The van der Waals surface area contributed by atoms with Gasteiger partial charge in [-0.05, 0) is 38.3 Å². The Balaban J connectivity index is 1.75. The van der Waals surface area contributed by atoms with E-state index in [1.807, 2.05) is 17.0 Å². The topological polar surface area (TPSA) is 70.4 Å². The van der Waals surface area contributed by atoms with Crippen LogP contribution < -0.4 is 15.5 Å². The van der Waals surface area contributed by atoms with E-state index in [0.29, 0.717) is 11.4 Å². The van der Waals surface area contributed by atoms with Gasteiger partial charge in [0.25, 0.3) is 0 Å². The quantitative estimate of drug-likeness (QED) is 0.563. The summed E-state index contributed by atoms with van der Waals surface area (Å²) in [7, 11) is 0. The number of benzene rings is 1. The third kappa shape index (κ3) is 6.40. The number of nitrogens with zero attached hydrogens (tertiary/aromatic N) is 2. The molecule has 1 fully saturated rings. The number of halogens is 3. The second-order valence-corrected chi connectivity index (χ2v) is 7.62. The van der Waals surface area contributed by atoms with Crippen molar-refractivity contribution in [1.29, 1.82) is 0 Å². The first-order valence-corrected chi connectivity index (χ1v) is 10.3. The second-order valence-electron chi connectivity index (χ2n) is 7.62. The highest BCUT2D eigenvalue weighted by Gasteiger charge is 2.29. The Hall–Kier alpha value is -2.71. The minimum absolute atomic E-state index is 0.0126. The number of alkyl halides is 3. The minimum Gasteiger partial charge on any atom is -0.367 e. The first kappa shape index (κ1) is 22.0. The maximum Gasteiger partial charge on any atom is 0.389 e. The van der Waals surface area contributed by atoms with Crippen LogP contribution in [0.15, 0.2) is 34.9 Å². The summed E-state index contributed by atoms with van der Waals surface area (Å²) in [5.74, 6) is 0.857. The lowest BCUT2D eigenvalue weighted by Crippen LogP contribution is -2.38. The van der Waals surface area contributed by atoms with E-state index in [2.05, 4.69) is 15.8 Å². The Morgan fingerprint density at radius 3 is 2.60 bits per heavy atom. The second kappa shape index (κ2) is 9.86. The van der Waals surface area contributed by atoms with Crippen molar-refractivity contribution in [3.05, 3.63) is 36.1 Å². The number of amides is 2. The van der Waals surface area contributed by atoms with Crippen LogP contribution in [0, 0.1) is 6.92 Å². The molecule has 2 aromatic rings. The number of rotatable bonds is 7. The summed E-state index contributed by atoms with van der Waals surface area (Å²) in [6.45, 7) is 2.00. The third-order valence-electron chi connectivity index (χ3n) is 5.21. The lowest BCUT2D eigenvalue weighted by Gasteiger charge is -2.37. The highest BCUT2D eigenvalue weighted by atomic mass is 19.4. The zero-order valence-corrected chi connectivity index (χ0v) is 17.0. The van der Waals surface area contributed by atoms with E-state index in [1.165, 1.54) is 0 Å². The van der Waals surface area contributed by atoms with Crippen LogP contribution in [0.5, 0.6) is 0 Å². The van der Waals surface area contributed by atoms with E-state index in [0.717, 1.165) is 37.8 Å². The van der Waals surface area contributed by atoms with Crippen molar-refractivity contribution < 1.29 is 22.5 Å². The molecular weight excluding hydrogens is 397 g/mol. The predicted molar refractivity (Wildman–Crippen MR) is 110 cm³/mol. The molecule has 0 bridgehead atoms. The average molecular weight is 424 g/mol. The van der Waals surface area contributed by atoms with Gasteiger partial charge in [-0.25, -0.2) is 4.79 Å². The lowest BCUT2D eigenvalue weighted by molar-refractivity contribution is -0.135. The van der Waals surface area contributed by atoms with E-state index in [-0.39, 0.29) is 24.8 Å². The summed E-state index contributed by atoms with van der Waals surface area (Å²) < 4.78 is 43.1. The summed E-state index contributed by atoms with van der Waals surface area (Å²) in [6, 6.07) is 8.48. The zero-order chi connectivity index (χ0) is 21.6. The maximum atomic E-state index is 12.7. The molecule has 9 heteroatoms. The molecule has 1 aromatic heterocycles. The van der Waals surface area contributed by atoms with E-state index >= 15 is 0 Å². The summed E-state index contributed by atoms with van der Waals surface area (Å²) in [6.07, 6.45) is 0.147. The highest BCUT2D eigenvalue weighted by molar-refractivity contribution is 6.01. The molecule has 0 radical (unpaired) electrons. The smallest absolute Gasteiger partial charge is 0.367 e. The molecule has 0 spiro atoms. The molecule has 1 aliphatic rings. The predicted octanol–water partition coefficient (Wildman–Crippen LogP) is 6.11. The standard InChI is InChI=1S/C21H27F3N4O2/c1-15-14-19(27-30-15)26-20(29)25-17-10-5-6-11-18(17)28(13-7-12-21(22,23)24)16-8-3-2-4-9-16/h5-6,10-11,14,16H,2-4,7-9,12-13H2,1H3,(H2,25,26,27,29). The van der Waals surface area contributed by atoms with E-state index in [4.69, 9.17) is 4.52 Å². The third-order valence-corrected chi connectivity index (χ3v) is 5.21. The molecule has 1 saturated carbocycles. The number of aromatic nitrogens is 1. The van der Waals surface area contributed by atoms with E-state index in [9.17, 15) is 18.0 Å². The molecule has 6 nitrogen and oxygen atoms in total. The van der Waals surface area contributed by atoms with Crippen molar-refractivity contribution in [3.63, 3.8) is 0 Å². The van der Waals surface area contributed by atoms with Crippen LogP contribution in [0.1, 0.15) is 50.7 Å². The zero-order valence-electron chi connectivity index (χ0n) is 17.0. The molecule has 30 heavy (non-hydrogen) atoms. The first-order chi connectivity index (χ1) is 14.3. The van der Waals surface area contributed by atoms with Crippen LogP contribution in [0.2, 0.25) is 0 Å². The van der Waals surface area contributed by atoms with Gasteiger partial charge >= 0.3 is 12.2 Å². The number of carbonyl (C=O) groups is 1. The van der Waals surface area contributed by atoms with Gasteiger partial charge in [0.2, 0.25) is 0 Å².